The Morgan fingerprint density at radius 2 is 1.92 bits per heavy atom. The molecular formula is C25H30F3N9. The highest BCUT2D eigenvalue weighted by Gasteiger charge is 2.36. The number of hydrogen-bond donors (Lipinski definition) is 1. The van der Waals surface area contributed by atoms with Crippen LogP contribution in [0, 0.1) is 0 Å². The molecule has 2 fully saturated rings. The second-order valence-corrected chi connectivity index (χ2v) is 9.61. The Balaban J connectivity index is 1.34. The number of H-pyrrole nitrogens is 1. The second-order valence-electron chi connectivity index (χ2n) is 9.61. The Kier molecular flexibility index (Phi) is 7.33. The summed E-state index contributed by atoms with van der Waals surface area (Å²) in [5, 5.41) is 7.75. The first-order chi connectivity index (χ1) is 17.9. The standard InChI is InChI=1S/C25H30F3N9/c1-29-14-19(36-13-11-30-20(16-36)25(26,27)28)24-31-10-9-21(32-24)37-12-5-8-18(15-37)23-33-22(34-35-23)17-6-3-2-4-7-17/h9-11,14,16-18H,1-8,12-13,15H2,(H,33,34,35)/b19-14-. The van der Waals surface area contributed by atoms with Gasteiger partial charge in [0, 0.05) is 43.5 Å². The number of aromatic amines is 1. The lowest BCUT2D eigenvalue weighted by atomic mass is 9.89. The minimum absolute atomic E-state index is 0.133. The van der Waals surface area contributed by atoms with E-state index in [0.717, 1.165) is 50.1 Å². The fourth-order valence-electron chi connectivity index (χ4n) is 5.20. The van der Waals surface area contributed by atoms with E-state index < -0.39 is 11.9 Å². The molecule has 0 amide bonds. The molecule has 1 unspecified atom stereocenters. The first-order valence-corrected chi connectivity index (χ1v) is 12.7. The van der Waals surface area contributed by atoms with Crippen LogP contribution < -0.4 is 4.90 Å². The predicted molar refractivity (Wildman–Crippen MR) is 135 cm³/mol. The minimum Gasteiger partial charge on any atom is -0.356 e. The lowest BCUT2D eigenvalue weighted by Crippen LogP contribution is -2.35. The van der Waals surface area contributed by atoms with E-state index in [1.807, 2.05) is 6.07 Å². The van der Waals surface area contributed by atoms with Crippen LogP contribution in [0.5, 0.6) is 0 Å². The number of nitrogens with one attached hydrogen (secondary N) is 1. The molecule has 196 valence electrons. The maximum Gasteiger partial charge on any atom is 0.434 e. The molecule has 2 aliphatic heterocycles. The van der Waals surface area contributed by atoms with Gasteiger partial charge >= 0.3 is 6.18 Å². The first kappa shape index (κ1) is 25.1. The van der Waals surface area contributed by atoms with Crippen molar-refractivity contribution >= 4 is 24.4 Å². The fourth-order valence-corrected chi connectivity index (χ4v) is 5.20. The van der Waals surface area contributed by atoms with E-state index in [1.54, 1.807) is 6.20 Å². The summed E-state index contributed by atoms with van der Waals surface area (Å²) in [5.41, 5.74) is -0.688. The molecule has 0 radical (unpaired) electrons. The van der Waals surface area contributed by atoms with E-state index in [1.165, 1.54) is 36.6 Å². The third-order valence-corrected chi connectivity index (χ3v) is 7.09. The van der Waals surface area contributed by atoms with E-state index in [0.29, 0.717) is 24.0 Å². The molecule has 2 aromatic rings. The van der Waals surface area contributed by atoms with Crippen molar-refractivity contribution in [1.29, 1.82) is 0 Å². The molecule has 0 spiro atoms. The molecule has 12 heteroatoms. The summed E-state index contributed by atoms with van der Waals surface area (Å²) in [5.74, 6) is 3.43. The number of alkyl halides is 3. The smallest absolute Gasteiger partial charge is 0.356 e. The number of aliphatic imine (C=N–C) groups is 2. The SMILES string of the molecule is C=N/C=C(/c1nccc(N2CCCC(c3n[nH]c(C4CCCCC4)n3)C2)n1)N1C=C(C(F)(F)F)N=CC1. The maximum absolute atomic E-state index is 13.2. The van der Waals surface area contributed by atoms with Crippen molar-refractivity contribution in [3.05, 3.63) is 47.8 Å². The van der Waals surface area contributed by atoms with Crippen LogP contribution in [-0.4, -0.2) is 68.8 Å². The van der Waals surface area contributed by atoms with Gasteiger partial charge in [0.15, 0.2) is 17.3 Å². The number of rotatable bonds is 6. The highest BCUT2D eigenvalue weighted by atomic mass is 19.4. The van der Waals surface area contributed by atoms with Crippen molar-refractivity contribution in [3.63, 3.8) is 0 Å². The lowest BCUT2D eigenvalue weighted by molar-refractivity contribution is -0.0934. The van der Waals surface area contributed by atoms with Crippen LogP contribution in [0.4, 0.5) is 19.0 Å². The lowest BCUT2D eigenvalue weighted by Gasteiger charge is -2.32. The number of nitrogens with zero attached hydrogens (tertiary/aromatic N) is 8. The van der Waals surface area contributed by atoms with Crippen LogP contribution >= 0.6 is 0 Å². The van der Waals surface area contributed by atoms with Gasteiger partial charge in [-0.15, -0.1) is 0 Å². The predicted octanol–water partition coefficient (Wildman–Crippen LogP) is 4.82. The molecule has 1 saturated carbocycles. The maximum atomic E-state index is 13.2. The largest absolute Gasteiger partial charge is 0.434 e. The number of piperidine rings is 1. The zero-order chi connectivity index (χ0) is 25.8. The van der Waals surface area contributed by atoms with E-state index >= 15 is 0 Å². The zero-order valence-corrected chi connectivity index (χ0v) is 20.5. The van der Waals surface area contributed by atoms with Crippen LogP contribution in [0.15, 0.2) is 40.3 Å². The Morgan fingerprint density at radius 1 is 1.11 bits per heavy atom. The molecule has 1 aliphatic carbocycles. The molecule has 0 bridgehead atoms. The number of halogens is 3. The third kappa shape index (κ3) is 5.72. The van der Waals surface area contributed by atoms with Crippen molar-refractivity contribution in [2.24, 2.45) is 9.98 Å². The molecule has 1 saturated heterocycles. The molecule has 2 aromatic heterocycles. The highest BCUT2D eigenvalue weighted by Crippen LogP contribution is 2.34. The van der Waals surface area contributed by atoms with E-state index in [9.17, 15) is 13.2 Å². The summed E-state index contributed by atoms with van der Waals surface area (Å²) < 4.78 is 39.7. The molecule has 3 aliphatic rings. The Labute approximate surface area is 213 Å². The summed E-state index contributed by atoms with van der Waals surface area (Å²) in [6.07, 6.45) is 8.59. The van der Waals surface area contributed by atoms with Gasteiger partial charge in [0.2, 0.25) is 0 Å². The van der Waals surface area contributed by atoms with Gasteiger partial charge in [-0.25, -0.2) is 15.0 Å². The van der Waals surface area contributed by atoms with Gasteiger partial charge in [0.05, 0.1) is 12.7 Å². The van der Waals surface area contributed by atoms with Crippen LogP contribution in [-0.2, 0) is 0 Å². The first-order valence-electron chi connectivity index (χ1n) is 12.7. The number of allylic oxidation sites excluding steroid dienone is 1. The van der Waals surface area contributed by atoms with Crippen LogP contribution in [0.2, 0.25) is 0 Å². The molecule has 9 nitrogen and oxygen atoms in total. The molecule has 37 heavy (non-hydrogen) atoms. The van der Waals surface area contributed by atoms with E-state index in [-0.39, 0.29) is 18.3 Å². The van der Waals surface area contributed by atoms with Gasteiger partial charge in [-0.05, 0) is 38.5 Å². The molecule has 1 N–H and O–H groups in total. The topological polar surface area (TPSA) is 98.5 Å². The number of aromatic nitrogens is 5. The second kappa shape index (κ2) is 10.8. The highest BCUT2D eigenvalue weighted by molar-refractivity contribution is 5.70. The molecule has 1 atom stereocenters. The van der Waals surface area contributed by atoms with Crippen LogP contribution in [0.3, 0.4) is 0 Å². The Bertz CT molecular complexity index is 1190. The zero-order valence-electron chi connectivity index (χ0n) is 20.5. The summed E-state index contributed by atoms with van der Waals surface area (Å²) in [4.78, 5) is 24.7. The normalized spacial score (nSPS) is 21.8. The summed E-state index contributed by atoms with van der Waals surface area (Å²) in [7, 11) is 0. The summed E-state index contributed by atoms with van der Waals surface area (Å²) in [6.45, 7) is 5.11. The number of anilines is 1. The summed E-state index contributed by atoms with van der Waals surface area (Å²) in [6, 6.07) is 1.81. The van der Waals surface area contributed by atoms with Crippen molar-refractivity contribution < 1.29 is 13.2 Å². The molecular weight excluding hydrogens is 483 g/mol. The van der Waals surface area contributed by atoms with E-state index in [4.69, 9.17) is 9.97 Å². The van der Waals surface area contributed by atoms with Crippen molar-refractivity contribution in [3.8, 4) is 0 Å². The van der Waals surface area contributed by atoms with Gasteiger partial charge < -0.3 is 9.80 Å². The third-order valence-electron chi connectivity index (χ3n) is 7.09. The molecule has 0 aromatic carbocycles. The van der Waals surface area contributed by atoms with Crippen LogP contribution in [0.25, 0.3) is 5.70 Å². The van der Waals surface area contributed by atoms with Gasteiger partial charge in [-0.1, -0.05) is 19.3 Å². The van der Waals surface area contributed by atoms with Gasteiger partial charge in [-0.3, -0.25) is 15.1 Å². The quantitative estimate of drug-likeness (QED) is 0.557. The monoisotopic (exact) mass is 513 g/mol. The fraction of sp³-hybridized carbons (Fsp3) is 0.520. The molecule has 5 rings (SSSR count). The average Bonchev–Trinajstić information content (AvgIpc) is 3.43. The van der Waals surface area contributed by atoms with Crippen LogP contribution in [0.1, 0.15) is 74.3 Å². The van der Waals surface area contributed by atoms with Gasteiger partial charge in [0.1, 0.15) is 17.3 Å². The number of hydrogen-bond acceptors (Lipinski definition) is 8. The van der Waals surface area contributed by atoms with Gasteiger partial charge in [0.25, 0.3) is 0 Å². The summed E-state index contributed by atoms with van der Waals surface area (Å²) >= 11 is 0. The average molecular weight is 514 g/mol. The molecule has 4 heterocycles. The minimum atomic E-state index is -4.56. The van der Waals surface area contributed by atoms with Crippen molar-refractivity contribution in [2.45, 2.75) is 63.0 Å². The van der Waals surface area contributed by atoms with Crippen molar-refractivity contribution in [1.82, 2.24) is 30.0 Å². The van der Waals surface area contributed by atoms with Crippen molar-refractivity contribution in [2.75, 3.05) is 24.5 Å². The Morgan fingerprint density at radius 3 is 2.70 bits per heavy atom. The van der Waals surface area contributed by atoms with Gasteiger partial charge in [-0.2, -0.15) is 18.3 Å². The van der Waals surface area contributed by atoms with E-state index in [2.05, 4.69) is 36.8 Å². The Hall–Kier alpha value is -3.57.